The average Bonchev–Trinajstić information content (AvgIpc) is 2.71. The first-order valence-corrected chi connectivity index (χ1v) is 4.76. The third kappa shape index (κ3) is 2.31. The summed E-state index contributed by atoms with van der Waals surface area (Å²) in [4.78, 5) is 17.0. The Morgan fingerprint density at radius 3 is 3.33 bits per heavy atom. The third-order valence-corrected chi connectivity index (χ3v) is 2.43. The zero-order valence-corrected chi connectivity index (χ0v) is 8.22. The predicted octanol–water partition coefficient (Wildman–Crippen LogP) is -1.67. The van der Waals surface area contributed by atoms with Crippen LogP contribution in [0.2, 0.25) is 0 Å². The fraction of sp³-hybridized carbons (Fsp3) is 0.625. The summed E-state index contributed by atoms with van der Waals surface area (Å²) in [7, 11) is 0. The van der Waals surface area contributed by atoms with Gasteiger partial charge in [0, 0.05) is 19.6 Å². The van der Waals surface area contributed by atoms with Gasteiger partial charge in [-0.25, -0.2) is 0 Å². The molecule has 7 heteroatoms. The Hall–Kier alpha value is -1.47. The van der Waals surface area contributed by atoms with Gasteiger partial charge in [-0.1, -0.05) is 5.16 Å². The van der Waals surface area contributed by atoms with Crippen LogP contribution >= 0.6 is 0 Å². The van der Waals surface area contributed by atoms with Crippen LogP contribution in [0.25, 0.3) is 0 Å². The van der Waals surface area contributed by atoms with E-state index < -0.39 is 0 Å². The van der Waals surface area contributed by atoms with Gasteiger partial charge in [0.1, 0.15) is 6.04 Å². The monoisotopic (exact) mass is 211 g/mol. The Balaban J connectivity index is 2.02. The molecule has 1 unspecified atom stereocenters. The molecule has 1 saturated heterocycles. The van der Waals surface area contributed by atoms with E-state index in [4.69, 9.17) is 5.73 Å². The van der Waals surface area contributed by atoms with E-state index in [1.807, 2.05) is 4.90 Å². The number of aromatic nitrogens is 2. The summed E-state index contributed by atoms with van der Waals surface area (Å²) >= 11 is 0. The van der Waals surface area contributed by atoms with Crippen molar-refractivity contribution in [3.63, 3.8) is 0 Å². The molecule has 15 heavy (non-hydrogen) atoms. The van der Waals surface area contributed by atoms with Crippen molar-refractivity contribution in [1.29, 1.82) is 0 Å². The minimum atomic E-state index is -0.328. The maximum atomic E-state index is 11.2. The topological polar surface area (TPSA) is 97.3 Å². The molecule has 1 aliphatic rings. The first-order valence-electron chi connectivity index (χ1n) is 4.76. The van der Waals surface area contributed by atoms with Crippen molar-refractivity contribution < 1.29 is 9.32 Å². The standard InChI is InChI=1S/C8H13N5O2/c9-8(14)6-3-10-1-2-13(6)4-7-11-5-15-12-7/h5-6,10H,1-4H2,(H2,9,14). The molecule has 1 aromatic rings. The molecule has 0 radical (unpaired) electrons. The first kappa shape index (κ1) is 10.1. The molecular formula is C8H13N5O2. The summed E-state index contributed by atoms with van der Waals surface area (Å²) in [5.74, 6) is 0.244. The van der Waals surface area contributed by atoms with Crippen LogP contribution in [-0.2, 0) is 11.3 Å². The van der Waals surface area contributed by atoms with Crippen LogP contribution in [0.15, 0.2) is 10.9 Å². The average molecular weight is 211 g/mol. The van der Waals surface area contributed by atoms with E-state index in [1.165, 1.54) is 6.39 Å². The smallest absolute Gasteiger partial charge is 0.236 e. The van der Waals surface area contributed by atoms with E-state index in [9.17, 15) is 4.79 Å². The molecule has 1 amide bonds. The third-order valence-electron chi connectivity index (χ3n) is 2.43. The molecular weight excluding hydrogens is 198 g/mol. The summed E-state index contributed by atoms with van der Waals surface area (Å²) < 4.78 is 4.63. The van der Waals surface area contributed by atoms with E-state index in [-0.39, 0.29) is 11.9 Å². The van der Waals surface area contributed by atoms with Crippen molar-refractivity contribution in [2.75, 3.05) is 19.6 Å². The second kappa shape index (κ2) is 4.37. The van der Waals surface area contributed by atoms with Crippen LogP contribution in [0, 0.1) is 0 Å². The first-order chi connectivity index (χ1) is 7.27. The summed E-state index contributed by atoms with van der Waals surface area (Å²) in [6.45, 7) is 2.66. The zero-order valence-electron chi connectivity index (χ0n) is 8.22. The van der Waals surface area contributed by atoms with Crippen LogP contribution in [0.3, 0.4) is 0 Å². The normalized spacial score (nSPS) is 22.8. The van der Waals surface area contributed by atoms with E-state index in [1.54, 1.807) is 0 Å². The van der Waals surface area contributed by atoms with Gasteiger partial charge in [0.25, 0.3) is 0 Å². The van der Waals surface area contributed by atoms with Gasteiger partial charge in [-0.3, -0.25) is 9.69 Å². The van der Waals surface area contributed by atoms with Crippen molar-refractivity contribution in [2.24, 2.45) is 5.73 Å². The van der Waals surface area contributed by atoms with Gasteiger partial charge < -0.3 is 15.6 Å². The molecule has 0 aliphatic carbocycles. The Kier molecular flexibility index (Phi) is 2.93. The molecule has 82 valence electrons. The summed E-state index contributed by atoms with van der Waals surface area (Å²) in [5, 5.41) is 6.82. The zero-order chi connectivity index (χ0) is 10.7. The predicted molar refractivity (Wildman–Crippen MR) is 50.6 cm³/mol. The molecule has 0 aromatic carbocycles. The van der Waals surface area contributed by atoms with E-state index in [0.29, 0.717) is 18.9 Å². The molecule has 1 fully saturated rings. The highest BCUT2D eigenvalue weighted by atomic mass is 16.5. The van der Waals surface area contributed by atoms with Crippen molar-refractivity contribution >= 4 is 5.91 Å². The van der Waals surface area contributed by atoms with Crippen molar-refractivity contribution in [3.8, 4) is 0 Å². The number of nitrogens with two attached hydrogens (primary N) is 1. The van der Waals surface area contributed by atoms with Crippen molar-refractivity contribution in [2.45, 2.75) is 12.6 Å². The fourth-order valence-electron chi connectivity index (χ4n) is 1.66. The van der Waals surface area contributed by atoms with Crippen LogP contribution in [0.4, 0.5) is 0 Å². The summed E-state index contributed by atoms with van der Waals surface area (Å²) in [5.41, 5.74) is 5.30. The highest BCUT2D eigenvalue weighted by molar-refractivity contribution is 5.80. The maximum absolute atomic E-state index is 11.2. The molecule has 0 spiro atoms. The lowest BCUT2D eigenvalue weighted by atomic mass is 10.2. The number of nitrogens with zero attached hydrogens (tertiary/aromatic N) is 3. The number of amides is 1. The lowest BCUT2D eigenvalue weighted by Crippen LogP contribution is -2.56. The lowest BCUT2D eigenvalue weighted by molar-refractivity contribution is -0.124. The summed E-state index contributed by atoms with van der Waals surface area (Å²) in [6, 6.07) is -0.294. The number of primary amides is 1. The van der Waals surface area contributed by atoms with Crippen LogP contribution < -0.4 is 11.1 Å². The highest BCUT2D eigenvalue weighted by Crippen LogP contribution is 2.06. The van der Waals surface area contributed by atoms with Crippen molar-refractivity contribution in [1.82, 2.24) is 20.4 Å². The Labute approximate surface area is 86.6 Å². The number of hydrogen-bond donors (Lipinski definition) is 2. The van der Waals surface area contributed by atoms with Gasteiger partial charge in [-0.15, -0.1) is 0 Å². The number of carbonyl (C=O) groups is 1. The molecule has 7 nitrogen and oxygen atoms in total. The number of piperazine rings is 1. The molecule has 2 rings (SSSR count). The van der Waals surface area contributed by atoms with Gasteiger partial charge in [-0.2, -0.15) is 4.98 Å². The fourth-order valence-corrected chi connectivity index (χ4v) is 1.66. The second-order valence-electron chi connectivity index (χ2n) is 3.44. The molecule has 1 aromatic heterocycles. The number of hydrogen-bond acceptors (Lipinski definition) is 6. The Morgan fingerprint density at radius 1 is 1.80 bits per heavy atom. The van der Waals surface area contributed by atoms with Gasteiger partial charge in [0.05, 0.1) is 6.54 Å². The Morgan fingerprint density at radius 2 is 2.67 bits per heavy atom. The minimum Gasteiger partial charge on any atom is -0.368 e. The van der Waals surface area contributed by atoms with Gasteiger partial charge in [0.15, 0.2) is 5.82 Å². The maximum Gasteiger partial charge on any atom is 0.236 e. The molecule has 0 bridgehead atoms. The number of nitrogens with one attached hydrogen (secondary N) is 1. The molecule has 2 heterocycles. The molecule has 1 aliphatic heterocycles. The highest BCUT2D eigenvalue weighted by Gasteiger charge is 2.27. The van der Waals surface area contributed by atoms with Crippen LogP contribution in [0.1, 0.15) is 5.82 Å². The van der Waals surface area contributed by atoms with Gasteiger partial charge >= 0.3 is 0 Å². The number of carbonyl (C=O) groups excluding carboxylic acids is 1. The Bertz CT molecular complexity index is 326. The van der Waals surface area contributed by atoms with E-state index in [2.05, 4.69) is 20.0 Å². The van der Waals surface area contributed by atoms with Crippen LogP contribution in [-0.4, -0.2) is 46.6 Å². The van der Waals surface area contributed by atoms with E-state index in [0.717, 1.165) is 13.1 Å². The van der Waals surface area contributed by atoms with E-state index >= 15 is 0 Å². The second-order valence-corrected chi connectivity index (χ2v) is 3.44. The quantitative estimate of drug-likeness (QED) is 0.620. The van der Waals surface area contributed by atoms with Crippen molar-refractivity contribution in [3.05, 3.63) is 12.2 Å². The van der Waals surface area contributed by atoms with Gasteiger partial charge in [-0.05, 0) is 0 Å². The van der Waals surface area contributed by atoms with Gasteiger partial charge in [0.2, 0.25) is 12.3 Å². The molecule has 0 saturated carbocycles. The SMILES string of the molecule is NC(=O)C1CNCCN1Cc1ncon1. The lowest BCUT2D eigenvalue weighted by Gasteiger charge is -2.32. The molecule has 1 atom stereocenters. The minimum absolute atomic E-state index is 0.294. The largest absolute Gasteiger partial charge is 0.368 e. The summed E-state index contributed by atoms with van der Waals surface area (Å²) in [6.07, 6.45) is 1.27. The number of rotatable bonds is 3. The van der Waals surface area contributed by atoms with Crippen LogP contribution in [0.5, 0.6) is 0 Å². The molecule has 3 N–H and O–H groups in total.